The molecule has 2 aromatic rings. The first-order valence-corrected chi connectivity index (χ1v) is 11.0. The summed E-state index contributed by atoms with van der Waals surface area (Å²) in [5.41, 5.74) is 4.66. The summed E-state index contributed by atoms with van der Waals surface area (Å²) in [5, 5.41) is 11.7. The van der Waals surface area contributed by atoms with Crippen LogP contribution in [0.5, 0.6) is 0 Å². The zero-order valence-corrected chi connectivity index (χ0v) is 18.5. The normalized spacial score (nSPS) is 13.1. The van der Waals surface area contributed by atoms with E-state index in [9.17, 15) is 14.4 Å². The number of carbonyl (C=O) groups excluding carboxylic acids is 2. The largest absolute Gasteiger partial charge is 0.481 e. The number of nitrogens with zero attached hydrogens (tertiary/aromatic N) is 1. The Hall–Kier alpha value is -3.35. The monoisotopic (exact) mass is 438 g/mol. The lowest BCUT2D eigenvalue weighted by Gasteiger charge is -2.23. The molecule has 2 N–H and O–H groups in total. The molecular weight excluding hydrogens is 408 g/mol. The Kier molecular flexibility index (Phi) is 7.87. The van der Waals surface area contributed by atoms with E-state index in [1.165, 1.54) is 16.0 Å². The zero-order chi connectivity index (χ0) is 23.1. The van der Waals surface area contributed by atoms with Crippen LogP contribution in [0, 0.1) is 5.92 Å². The van der Waals surface area contributed by atoms with Crippen LogP contribution in [0.1, 0.15) is 43.7 Å². The van der Waals surface area contributed by atoms with Crippen LogP contribution < -0.4 is 5.32 Å². The van der Waals surface area contributed by atoms with Gasteiger partial charge in [-0.25, -0.2) is 4.79 Å². The highest BCUT2D eigenvalue weighted by molar-refractivity contribution is 5.79. The molecule has 0 saturated carbocycles. The molecule has 2 aromatic carbocycles. The number of carboxylic acid groups (broad SMARTS) is 1. The quantitative estimate of drug-likeness (QED) is 0.549. The molecule has 1 atom stereocenters. The van der Waals surface area contributed by atoms with Crippen molar-refractivity contribution in [3.63, 3.8) is 0 Å². The summed E-state index contributed by atoms with van der Waals surface area (Å²) in [4.78, 5) is 37.0. The third-order valence-electron chi connectivity index (χ3n) is 5.83. The van der Waals surface area contributed by atoms with E-state index in [1.54, 1.807) is 6.92 Å². The number of benzene rings is 2. The lowest BCUT2D eigenvalue weighted by Crippen LogP contribution is -2.37. The summed E-state index contributed by atoms with van der Waals surface area (Å²) in [7, 11) is 0. The van der Waals surface area contributed by atoms with Crippen LogP contribution in [0.4, 0.5) is 4.79 Å². The molecule has 1 unspecified atom stereocenters. The van der Waals surface area contributed by atoms with Gasteiger partial charge in [-0.15, -0.1) is 0 Å². The molecule has 0 radical (unpaired) electrons. The van der Waals surface area contributed by atoms with E-state index in [0.29, 0.717) is 19.5 Å². The Balaban J connectivity index is 1.43. The number of hydrogen-bond donors (Lipinski definition) is 2. The first-order chi connectivity index (χ1) is 15.4. The van der Waals surface area contributed by atoms with Gasteiger partial charge in [-0.2, -0.15) is 0 Å². The molecule has 0 bridgehead atoms. The number of aliphatic carboxylic acids is 1. The number of hydrogen-bond acceptors (Lipinski definition) is 4. The Bertz CT molecular complexity index is 929. The van der Waals surface area contributed by atoms with Crippen LogP contribution in [-0.2, 0) is 14.3 Å². The molecule has 1 aliphatic carbocycles. The molecule has 7 nitrogen and oxygen atoms in total. The van der Waals surface area contributed by atoms with Gasteiger partial charge in [0.2, 0.25) is 5.91 Å². The van der Waals surface area contributed by atoms with Crippen molar-refractivity contribution in [2.24, 2.45) is 5.92 Å². The topological polar surface area (TPSA) is 95.9 Å². The molecule has 0 aliphatic heterocycles. The molecule has 0 spiro atoms. The Morgan fingerprint density at radius 3 is 2.22 bits per heavy atom. The van der Waals surface area contributed by atoms with Gasteiger partial charge < -0.3 is 20.1 Å². The van der Waals surface area contributed by atoms with Gasteiger partial charge in [0.15, 0.2) is 0 Å². The number of amides is 2. The summed E-state index contributed by atoms with van der Waals surface area (Å²) < 4.78 is 5.48. The molecule has 3 rings (SSSR count). The number of carbonyl (C=O) groups is 3. The maximum atomic E-state index is 12.3. The van der Waals surface area contributed by atoms with Gasteiger partial charge in [0, 0.05) is 32.0 Å². The van der Waals surface area contributed by atoms with Crippen molar-refractivity contribution < 1.29 is 24.2 Å². The fourth-order valence-electron chi connectivity index (χ4n) is 4.05. The number of alkyl carbamates (subject to hydrolysis) is 1. The molecule has 0 fully saturated rings. The van der Waals surface area contributed by atoms with Crippen LogP contribution in [0.2, 0.25) is 0 Å². The number of carboxylic acids is 1. The first-order valence-electron chi connectivity index (χ1n) is 11.0. The Labute approximate surface area is 188 Å². The second-order valence-corrected chi connectivity index (χ2v) is 8.03. The number of fused-ring (bicyclic) bond motifs is 3. The predicted octanol–water partition coefficient (Wildman–Crippen LogP) is 3.87. The maximum absolute atomic E-state index is 12.3. The van der Waals surface area contributed by atoms with Gasteiger partial charge >= 0.3 is 12.1 Å². The fourth-order valence-corrected chi connectivity index (χ4v) is 4.05. The third kappa shape index (κ3) is 5.46. The standard InChI is InChI=1S/C25H30N2O5/c1-3-27(15-17(2)24(29)30)23(28)13-8-14-26-25(31)32-16-22-20-11-6-4-9-18(20)19-10-5-7-12-21(19)22/h4-7,9-12,17,22H,3,8,13-16H2,1-2H3,(H,26,31)(H,29,30). The van der Waals surface area contributed by atoms with Gasteiger partial charge in [-0.3, -0.25) is 9.59 Å². The average molecular weight is 439 g/mol. The highest BCUT2D eigenvalue weighted by Gasteiger charge is 2.29. The van der Waals surface area contributed by atoms with Crippen molar-refractivity contribution >= 4 is 18.0 Å². The van der Waals surface area contributed by atoms with Crippen molar-refractivity contribution in [3.8, 4) is 11.1 Å². The first kappa shape index (κ1) is 23.3. The fraction of sp³-hybridized carbons (Fsp3) is 0.400. The van der Waals surface area contributed by atoms with Crippen LogP contribution >= 0.6 is 0 Å². The Morgan fingerprint density at radius 1 is 1.06 bits per heavy atom. The van der Waals surface area contributed by atoms with Crippen LogP contribution in [-0.4, -0.2) is 54.2 Å². The molecule has 170 valence electrons. The molecule has 2 amide bonds. The van der Waals surface area contributed by atoms with E-state index in [2.05, 4.69) is 29.6 Å². The summed E-state index contributed by atoms with van der Waals surface area (Å²) in [6, 6.07) is 16.3. The minimum absolute atomic E-state index is 0.00376. The van der Waals surface area contributed by atoms with Gasteiger partial charge in [0.25, 0.3) is 0 Å². The minimum atomic E-state index is -0.923. The van der Waals surface area contributed by atoms with E-state index in [4.69, 9.17) is 9.84 Å². The van der Waals surface area contributed by atoms with Gasteiger partial charge in [-0.05, 0) is 35.6 Å². The molecule has 0 heterocycles. The highest BCUT2D eigenvalue weighted by Crippen LogP contribution is 2.44. The van der Waals surface area contributed by atoms with Crippen molar-refractivity contribution in [1.82, 2.24) is 10.2 Å². The zero-order valence-electron chi connectivity index (χ0n) is 18.5. The van der Waals surface area contributed by atoms with Crippen LogP contribution in [0.3, 0.4) is 0 Å². The van der Waals surface area contributed by atoms with Gasteiger partial charge in [0.1, 0.15) is 6.61 Å². The lowest BCUT2D eigenvalue weighted by molar-refractivity contribution is -0.143. The second-order valence-electron chi connectivity index (χ2n) is 8.03. The molecular formula is C25H30N2O5. The number of ether oxygens (including phenoxy) is 1. The van der Waals surface area contributed by atoms with E-state index in [1.807, 2.05) is 31.2 Å². The van der Waals surface area contributed by atoms with Gasteiger partial charge in [0.05, 0.1) is 5.92 Å². The van der Waals surface area contributed by atoms with E-state index in [0.717, 1.165) is 11.1 Å². The van der Waals surface area contributed by atoms with Gasteiger partial charge in [-0.1, -0.05) is 55.5 Å². The molecule has 7 heteroatoms. The summed E-state index contributed by atoms with van der Waals surface area (Å²) >= 11 is 0. The highest BCUT2D eigenvalue weighted by atomic mass is 16.5. The van der Waals surface area contributed by atoms with Crippen molar-refractivity contribution in [2.45, 2.75) is 32.6 Å². The maximum Gasteiger partial charge on any atom is 0.407 e. The van der Waals surface area contributed by atoms with Crippen LogP contribution in [0.15, 0.2) is 48.5 Å². The number of nitrogens with one attached hydrogen (secondary N) is 1. The number of rotatable bonds is 10. The second kappa shape index (κ2) is 10.8. The lowest BCUT2D eigenvalue weighted by atomic mass is 9.98. The predicted molar refractivity (Wildman–Crippen MR) is 121 cm³/mol. The van der Waals surface area contributed by atoms with Crippen molar-refractivity contribution in [1.29, 1.82) is 0 Å². The summed E-state index contributed by atoms with van der Waals surface area (Å²) in [6.07, 6.45) is 0.191. The Morgan fingerprint density at radius 2 is 1.66 bits per heavy atom. The minimum Gasteiger partial charge on any atom is -0.481 e. The molecule has 32 heavy (non-hydrogen) atoms. The smallest absolute Gasteiger partial charge is 0.407 e. The summed E-state index contributed by atoms with van der Waals surface area (Å²) in [5.74, 6) is -1.65. The average Bonchev–Trinajstić information content (AvgIpc) is 3.12. The molecule has 0 aromatic heterocycles. The van der Waals surface area contributed by atoms with Crippen molar-refractivity contribution in [3.05, 3.63) is 59.7 Å². The van der Waals surface area contributed by atoms with E-state index >= 15 is 0 Å². The molecule has 1 aliphatic rings. The third-order valence-corrected chi connectivity index (χ3v) is 5.83. The van der Waals surface area contributed by atoms with Crippen LogP contribution in [0.25, 0.3) is 11.1 Å². The van der Waals surface area contributed by atoms with Crippen molar-refractivity contribution in [2.75, 3.05) is 26.2 Å². The summed E-state index contributed by atoms with van der Waals surface area (Å²) in [6.45, 7) is 4.60. The molecule has 0 saturated heterocycles. The SMILES string of the molecule is CCN(CC(C)C(=O)O)C(=O)CCCNC(=O)OCC1c2ccccc2-c2ccccc21. The van der Waals surface area contributed by atoms with E-state index < -0.39 is 18.0 Å². The van der Waals surface area contributed by atoms with E-state index in [-0.39, 0.29) is 31.4 Å².